The fraction of sp³-hybridized carbons (Fsp3) is 0.692. The molecule has 0 radical (unpaired) electrons. The fourth-order valence-corrected chi connectivity index (χ4v) is 3.19. The van der Waals surface area contributed by atoms with Gasteiger partial charge in [0.05, 0.1) is 0 Å². The number of thiophene rings is 1. The molecule has 1 saturated heterocycles. The number of rotatable bonds is 4. The van der Waals surface area contributed by atoms with E-state index < -0.39 is 0 Å². The van der Waals surface area contributed by atoms with Gasteiger partial charge in [-0.15, -0.1) is 11.3 Å². The van der Waals surface area contributed by atoms with E-state index in [1.165, 1.54) is 23.3 Å². The first-order valence-electron chi connectivity index (χ1n) is 6.17. The van der Waals surface area contributed by atoms with Crippen LogP contribution in [0.3, 0.4) is 0 Å². The molecule has 1 unspecified atom stereocenters. The Morgan fingerprint density at radius 3 is 2.81 bits per heavy atom. The van der Waals surface area contributed by atoms with Gasteiger partial charge in [-0.25, -0.2) is 0 Å². The maximum Gasteiger partial charge on any atom is 0.0469 e. The summed E-state index contributed by atoms with van der Waals surface area (Å²) in [5.74, 6) is 0.739. The van der Waals surface area contributed by atoms with Crippen LogP contribution in [0, 0.1) is 12.8 Å². The Bertz CT molecular complexity index is 317. The zero-order valence-corrected chi connectivity index (χ0v) is 11.0. The second-order valence-corrected chi connectivity index (χ2v) is 5.59. The van der Waals surface area contributed by atoms with E-state index in [-0.39, 0.29) is 0 Å². The van der Waals surface area contributed by atoms with Gasteiger partial charge in [-0.1, -0.05) is 6.92 Å². The van der Waals surface area contributed by atoms with Crippen molar-refractivity contribution in [3.63, 3.8) is 0 Å². The minimum absolute atomic E-state index is 0.527. The largest absolute Gasteiger partial charge is 0.381 e. The third-order valence-electron chi connectivity index (χ3n) is 3.27. The molecule has 0 saturated carbocycles. The molecule has 1 aromatic rings. The third-order valence-corrected chi connectivity index (χ3v) is 4.15. The molecular formula is C13H21NOS. The molecule has 1 atom stereocenters. The summed E-state index contributed by atoms with van der Waals surface area (Å²) < 4.78 is 5.44. The fourth-order valence-electron chi connectivity index (χ4n) is 2.45. The lowest BCUT2D eigenvalue weighted by Crippen LogP contribution is -2.31. The predicted molar refractivity (Wildman–Crippen MR) is 69.0 cm³/mol. The van der Waals surface area contributed by atoms with Gasteiger partial charge in [0.25, 0.3) is 0 Å². The lowest BCUT2D eigenvalue weighted by molar-refractivity contribution is 0.0539. The van der Waals surface area contributed by atoms with Crippen molar-refractivity contribution in [1.82, 2.24) is 5.32 Å². The summed E-state index contributed by atoms with van der Waals surface area (Å²) >= 11 is 1.85. The zero-order chi connectivity index (χ0) is 11.4. The van der Waals surface area contributed by atoms with Crippen molar-refractivity contribution in [3.05, 3.63) is 21.9 Å². The van der Waals surface area contributed by atoms with Crippen molar-refractivity contribution in [2.45, 2.75) is 32.7 Å². The highest BCUT2D eigenvalue weighted by Crippen LogP contribution is 2.32. The third kappa shape index (κ3) is 2.84. The molecule has 0 spiro atoms. The predicted octanol–water partition coefficient (Wildman–Crippen LogP) is 3.13. The second-order valence-electron chi connectivity index (χ2n) is 4.48. The van der Waals surface area contributed by atoms with E-state index in [0.717, 1.165) is 25.7 Å². The Kier molecular flexibility index (Phi) is 4.38. The van der Waals surface area contributed by atoms with Crippen LogP contribution in [0.1, 0.15) is 36.2 Å². The van der Waals surface area contributed by atoms with Crippen molar-refractivity contribution < 1.29 is 4.74 Å². The van der Waals surface area contributed by atoms with Crippen LogP contribution in [-0.2, 0) is 4.74 Å². The van der Waals surface area contributed by atoms with Crippen molar-refractivity contribution in [3.8, 4) is 0 Å². The highest BCUT2D eigenvalue weighted by molar-refractivity contribution is 7.10. The van der Waals surface area contributed by atoms with Gasteiger partial charge in [-0.05, 0) is 49.2 Å². The van der Waals surface area contributed by atoms with Crippen LogP contribution in [0.15, 0.2) is 11.4 Å². The zero-order valence-electron chi connectivity index (χ0n) is 10.2. The van der Waals surface area contributed by atoms with Crippen LogP contribution in [0.5, 0.6) is 0 Å². The molecule has 16 heavy (non-hydrogen) atoms. The summed E-state index contributed by atoms with van der Waals surface area (Å²) in [6, 6.07) is 2.85. The minimum Gasteiger partial charge on any atom is -0.381 e. The normalized spacial score (nSPS) is 19.9. The molecule has 0 aromatic carbocycles. The summed E-state index contributed by atoms with van der Waals surface area (Å²) in [7, 11) is 0. The standard InChI is InChI=1S/C13H21NOS/c1-3-14-13(11-4-6-15-7-5-11)12-8-10(2)16-9-12/h8-9,11,13-14H,3-7H2,1-2H3. The van der Waals surface area contributed by atoms with Gasteiger partial charge in [0.1, 0.15) is 0 Å². The Balaban J connectivity index is 2.09. The Morgan fingerprint density at radius 2 is 2.25 bits per heavy atom. The topological polar surface area (TPSA) is 21.3 Å². The molecule has 1 N–H and O–H groups in total. The SMILES string of the molecule is CCNC(c1csc(C)c1)C1CCOCC1. The van der Waals surface area contributed by atoms with Crippen LogP contribution >= 0.6 is 11.3 Å². The molecule has 2 nitrogen and oxygen atoms in total. The molecular weight excluding hydrogens is 218 g/mol. The lowest BCUT2D eigenvalue weighted by Gasteiger charge is -2.30. The molecule has 90 valence electrons. The van der Waals surface area contributed by atoms with E-state index in [1.54, 1.807) is 0 Å². The lowest BCUT2D eigenvalue weighted by atomic mass is 9.88. The molecule has 2 rings (SSSR count). The Morgan fingerprint density at radius 1 is 1.50 bits per heavy atom. The van der Waals surface area contributed by atoms with Crippen LogP contribution in [0.2, 0.25) is 0 Å². The van der Waals surface area contributed by atoms with Gasteiger partial charge >= 0.3 is 0 Å². The van der Waals surface area contributed by atoms with Gasteiger partial charge in [0.15, 0.2) is 0 Å². The van der Waals surface area contributed by atoms with Crippen molar-refractivity contribution in [2.75, 3.05) is 19.8 Å². The van der Waals surface area contributed by atoms with Gasteiger partial charge in [-0.2, -0.15) is 0 Å². The molecule has 3 heteroatoms. The van der Waals surface area contributed by atoms with E-state index in [2.05, 4.69) is 30.6 Å². The van der Waals surface area contributed by atoms with Gasteiger partial charge < -0.3 is 10.1 Å². The van der Waals surface area contributed by atoms with Crippen LogP contribution in [-0.4, -0.2) is 19.8 Å². The monoisotopic (exact) mass is 239 g/mol. The van der Waals surface area contributed by atoms with Gasteiger partial charge in [-0.3, -0.25) is 0 Å². The van der Waals surface area contributed by atoms with Crippen LogP contribution < -0.4 is 5.32 Å². The van der Waals surface area contributed by atoms with Crippen LogP contribution in [0.25, 0.3) is 0 Å². The number of hydrogen-bond acceptors (Lipinski definition) is 3. The maximum absolute atomic E-state index is 5.44. The van der Waals surface area contributed by atoms with E-state index in [9.17, 15) is 0 Å². The Hall–Kier alpha value is -0.380. The highest BCUT2D eigenvalue weighted by Gasteiger charge is 2.25. The molecule has 1 aliphatic rings. The first-order valence-corrected chi connectivity index (χ1v) is 7.05. The molecule has 1 fully saturated rings. The van der Waals surface area contributed by atoms with Crippen LogP contribution in [0.4, 0.5) is 0 Å². The van der Waals surface area contributed by atoms with Gasteiger partial charge in [0, 0.05) is 24.1 Å². The van der Waals surface area contributed by atoms with E-state index in [4.69, 9.17) is 4.74 Å². The molecule has 1 aliphatic heterocycles. The van der Waals surface area contributed by atoms with Gasteiger partial charge in [0.2, 0.25) is 0 Å². The first-order chi connectivity index (χ1) is 7.81. The quantitative estimate of drug-likeness (QED) is 0.871. The summed E-state index contributed by atoms with van der Waals surface area (Å²) in [4.78, 5) is 1.41. The minimum atomic E-state index is 0.527. The van der Waals surface area contributed by atoms with Crippen molar-refractivity contribution in [1.29, 1.82) is 0 Å². The highest BCUT2D eigenvalue weighted by atomic mass is 32.1. The van der Waals surface area contributed by atoms with E-state index in [1.807, 2.05) is 11.3 Å². The average Bonchev–Trinajstić information content (AvgIpc) is 2.74. The summed E-state index contributed by atoms with van der Waals surface area (Å²) in [6.07, 6.45) is 2.37. The second kappa shape index (κ2) is 5.80. The number of nitrogens with one attached hydrogen (secondary N) is 1. The summed E-state index contributed by atoms with van der Waals surface area (Å²) in [6.45, 7) is 7.26. The molecule has 0 amide bonds. The van der Waals surface area contributed by atoms with E-state index >= 15 is 0 Å². The van der Waals surface area contributed by atoms with Crippen molar-refractivity contribution in [2.24, 2.45) is 5.92 Å². The molecule has 0 bridgehead atoms. The van der Waals surface area contributed by atoms with E-state index in [0.29, 0.717) is 6.04 Å². The Labute approximate surface area is 102 Å². The molecule has 2 heterocycles. The first kappa shape index (κ1) is 12.1. The number of aryl methyl sites for hydroxylation is 1. The smallest absolute Gasteiger partial charge is 0.0469 e. The number of hydrogen-bond donors (Lipinski definition) is 1. The summed E-state index contributed by atoms with van der Waals surface area (Å²) in [5, 5.41) is 5.94. The maximum atomic E-state index is 5.44. The van der Waals surface area contributed by atoms with Crippen molar-refractivity contribution >= 4 is 11.3 Å². The molecule has 1 aromatic heterocycles. The summed E-state index contributed by atoms with van der Waals surface area (Å²) in [5.41, 5.74) is 1.47. The number of ether oxygens (including phenoxy) is 1. The molecule has 0 aliphatic carbocycles. The average molecular weight is 239 g/mol.